The number of H-pyrrole nitrogens is 1. The van der Waals surface area contributed by atoms with Gasteiger partial charge in [0.15, 0.2) is 0 Å². The summed E-state index contributed by atoms with van der Waals surface area (Å²) in [5.74, 6) is -2.51. The Morgan fingerprint density at radius 3 is 2.53 bits per heavy atom. The van der Waals surface area contributed by atoms with Crippen molar-refractivity contribution in [1.29, 1.82) is 0 Å². The SMILES string of the molecule is CC(C)(C(=O)O)n1cc(F)c(=O)[nH]c1=O. The molecule has 0 bridgehead atoms. The molecule has 0 amide bonds. The van der Waals surface area contributed by atoms with Gasteiger partial charge >= 0.3 is 11.7 Å². The summed E-state index contributed by atoms with van der Waals surface area (Å²) in [6.07, 6.45) is 0.579. The highest BCUT2D eigenvalue weighted by atomic mass is 19.1. The molecule has 0 spiro atoms. The largest absolute Gasteiger partial charge is 0.480 e. The highest BCUT2D eigenvalue weighted by Gasteiger charge is 2.31. The number of aromatic amines is 1. The molecule has 0 aliphatic heterocycles. The lowest BCUT2D eigenvalue weighted by molar-refractivity contribution is -0.145. The Labute approximate surface area is 83.0 Å². The van der Waals surface area contributed by atoms with Gasteiger partial charge in [0.2, 0.25) is 5.82 Å². The molecule has 82 valence electrons. The minimum atomic E-state index is -1.62. The van der Waals surface area contributed by atoms with E-state index >= 15 is 0 Å². The summed E-state index contributed by atoms with van der Waals surface area (Å²) in [6, 6.07) is 0. The molecule has 0 aliphatic carbocycles. The van der Waals surface area contributed by atoms with Gasteiger partial charge in [-0.05, 0) is 13.8 Å². The number of aliphatic carboxylic acids is 1. The van der Waals surface area contributed by atoms with E-state index in [2.05, 4.69) is 0 Å². The molecule has 1 rings (SSSR count). The zero-order valence-corrected chi connectivity index (χ0v) is 8.07. The van der Waals surface area contributed by atoms with Gasteiger partial charge in [0.25, 0.3) is 5.56 Å². The minimum absolute atomic E-state index is 0.579. The van der Waals surface area contributed by atoms with E-state index in [0.717, 1.165) is 0 Å². The van der Waals surface area contributed by atoms with E-state index in [4.69, 9.17) is 5.11 Å². The predicted molar refractivity (Wildman–Crippen MR) is 48.2 cm³/mol. The molecule has 0 aliphatic rings. The van der Waals surface area contributed by atoms with Crippen LogP contribution in [0.3, 0.4) is 0 Å². The Morgan fingerprint density at radius 2 is 2.07 bits per heavy atom. The van der Waals surface area contributed by atoms with E-state index in [1.807, 2.05) is 0 Å². The lowest BCUT2D eigenvalue weighted by Gasteiger charge is -2.21. The zero-order chi connectivity index (χ0) is 11.8. The summed E-state index contributed by atoms with van der Waals surface area (Å²) < 4.78 is 13.5. The molecule has 0 atom stereocenters. The fourth-order valence-corrected chi connectivity index (χ4v) is 0.966. The van der Waals surface area contributed by atoms with Crippen molar-refractivity contribution in [3.05, 3.63) is 32.9 Å². The van der Waals surface area contributed by atoms with Gasteiger partial charge in [-0.2, -0.15) is 4.39 Å². The standard InChI is InChI=1S/C8H9FN2O4/c1-8(2,6(13)14)11-3-4(9)5(12)10-7(11)15/h3H,1-2H3,(H,13,14)(H,10,12,15). The van der Waals surface area contributed by atoms with Crippen molar-refractivity contribution in [3.8, 4) is 0 Å². The molecular formula is C8H9FN2O4. The first-order valence-corrected chi connectivity index (χ1v) is 4.02. The van der Waals surface area contributed by atoms with Crippen molar-refractivity contribution in [3.63, 3.8) is 0 Å². The molecule has 1 aromatic rings. The van der Waals surface area contributed by atoms with Gasteiger partial charge < -0.3 is 5.11 Å². The van der Waals surface area contributed by atoms with Crippen LogP contribution in [0.5, 0.6) is 0 Å². The van der Waals surface area contributed by atoms with Gasteiger partial charge in [-0.1, -0.05) is 0 Å². The molecule has 1 heterocycles. The Morgan fingerprint density at radius 1 is 1.53 bits per heavy atom. The topological polar surface area (TPSA) is 92.2 Å². The second kappa shape index (κ2) is 3.34. The number of hydrogen-bond donors (Lipinski definition) is 2. The van der Waals surface area contributed by atoms with Crippen molar-refractivity contribution in [2.24, 2.45) is 0 Å². The van der Waals surface area contributed by atoms with Crippen molar-refractivity contribution >= 4 is 5.97 Å². The summed E-state index contributed by atoms with van der Waals surface area (Å²) >= 11 is 0. The molecule has 0 saturated heterocycles. The first-order chi connectivity index (χ1) is 6.76. The summed E-state index contributed by atoms with van der Waals surface area (Å²) in [7, 11) is 0. The first-order valence-electron chi connectivity index (χ1n) is 4.02. The van der Waals surface area contributed by atoms with Gasteiger partial charge in [0.1, 0.15) is 5.54 Å². The van der Waals surface area contributed by atoms with Crippen LogP contribution in [-0.4, -0.2) is 20.6 Å². The van der Waals surface area contributed by atoms with Gasteiger partial charge in [0.05, 0.1) is 6.20 Å². The van der Waals surface area contributed by atoms with Gasteiger partial charge in [-0.3, -0.25) is 14.3 Å². The summed E-state index contributed by atoms with van der Waals surface area (Å²) in [5, 5.41) is 8.81. The lowest BCUT2D eigenvalue weighted by Crippen LogP contribution is -2.45. The number of nitrogens with one attached hydrogen (secondary N) is 1. The van der Waals surface area contributed by atoms with E-state index in [1.165, 1.54) is 13.8 Å². The van der Waals surface area contributed by atoms with Crippen molar-refractivity contribution in [2.45, 2.75) is 19.4 Å². The summed E-state index contributed by atoms with van der Waals surface area (Å²) in [6.45, 7) is 2.43. The maximum absolute atomic E-state index is 12.9. The predicted octanol–water partition coefficient (Wildman–Crippen LogP) is -0.505. The number of nitrogens with zero attached hydrogens (tertiary/aromatic N) is 1. The normalized spacial score (nSPS) is 11.4. The highest BCUT2D eigenvalue weighted by Crippen LogP contribution is 2.11. The van der Waals surface area contributed by atoms with Crippen LogP contribution in [-0.2, 0) is 10.3 Å². The van der Waals surface area contributed by atoms with Crippen LogP contribution in [0.1, 0.15) is 13.8 Å². The van der Waals surface area contributed by atoms with E-state index in [1.54, 1.807) is 4.98 Å². The average Bonchev–Trinajstić information content (AvgIpc) is 2.10. The van der Waals surface area contributed by atoms with E-state index in [9.17, 15) is 18.8 Å². The molecule has 2 N–H and O–H groups in total. The average molecular weight is 216 g/mol. The molecule has 1 aromatic heterocycles. The highest BCUT2D eigenvalue weighted by molar-refractivity contribution is 5.75. The minimum Gasteiger partial charge on any atom is -0.480 e. The number of aromatic nitrogens is 2. The molecule has 0 fully saturated rings. The summed E-state index contributed by atoms with van der Waals surface area (Å²) in [4.78, 5) is 34.4. The third kappa shape index (κ3) is 1.80. The number of rotatable bonds is 2. The first kappa shape index (κ1) is 11.2. The number of carbonyl (C=O) groups is 1. The Balaban J connectivity index is 3.53. The zero-order valence-electron chi connectivity index (χ0n) is 8.07. The van der Waals surface area contributed by atoms with Crippen LogP contribution in [0, 0.1) is 5.82 Å². The third-order valence-electron chi connectivity index (χ3n) is 2.02. The number of carboxylic acids is 1. The van der Waals surface area contributed by atoms with E-state index in [-0.39, 0.29) is 0 Å². The molecule has 0 aromatic carbocycles. The van der Waals surface area contributed by atoms with Crippen molar-refractivity contribution in [1.82, 2.24) is 9.55 Å². The van der Waals surface area contributed by atoms with Crippen LogP contribution in [0.15, 0.2) is 15.8 Å². The Kier molecular flexibility index (Phi) is 2.48. The molecular weight excluding hydrogens is 207 g/mol. The molecule has 0 unspecified atom stereocenters. The molecule has 0 saturated carbocycles. The van der Waals surface area contributed by atoms with Gasteiger partial charge in [-0.25, -0.2) is 9.59 Å². The fourth-order valence-electron chi connectivity index (χ4n) is 0.966. The van der Waals surface area contributed by atoms with Gasteiger partial charge in [-0.15, -0.1) is 0 Å². The van der Waals surface area contributed by atoms with Crippen LogP contribution in [0.4, 0.5) is 4.39 Å². The second-order valence-electron chi connectivity index (χ2n) is 3.47. The van der Waals surface area contributed by atoms with Crippen molar-refractivity contribution < 1.29 is 14.3 Å². The monoisotopic (exact) mass is 216 g/mol. The molecule has 7 heteroatoms. The van der Waals surface area contributed by atoms with E-state index in [0.29, 0.717) is 10.8 Å². The lowest BCUT2D eigenvalue weighted by atomic mass is 10.1. The number of hydrogen-bond acceptors (Lipinski definition) is 3. The second-order valence-corrected chi connectivity index (χ2v) is 3.47. The van der Waals surface area contributed by atoms with Crippen LogP contribution in [0.25, 0.3) is 0 Å². The van der Waals surface area contributed by atoms with E-state index < -0.39 is 28.6 Å². The molecule has 15 heavy (non-hydrogen) atoms. The quantitative estimate of drug-likeness (QED) is 0.696. The van der Waals surface area contributed by atoms with Crippen LogP contribution >= 0.6 is 0 Å². The Hall–Kier alpha value is -1.92. The van der Waals surface area contributed by atoms with Gasteiger partial charge in [0, 0.05) is 0 Å². The van der Waals surface area contributed by atoms with Crippen LogP contribution in [0.2, 0.25) is 0 Å². The fraction of sp³-hybridized carbons (Fsp3) is 0.375. The molecule has 0 radical (unpaired) electrons. The summed E-state index contributed by atoms with van der Waals surface area (Å²) in [5.41, 5.74) is -3.76. The van der Waals surface area contributed by atoms with Crippen molar-refractivity contribution in [2.75, 3.05) is 0 Å². The molecule has 6 nitrogen and oxygen atoms in total. The maximum atomic E-state index is 12.9. The number of halogens is 1. The van der Waals surface area contributed by atoms with Crippen LogP contribution < -0.4 is 11.2 Å². The maximum Gasteiger partial charge on any atom is 0.329 e. The Bertz CT molecular complexity index is 514. The number of carboxylic acid groups (broad SMARTS) is 1. The third-order valence-corrected chi connectivity index (χ3v) is 2.02. The smallest absolute Gasteiger partial charge is 0.329 e.